The number of hydrogen-bond acceptors (Lipinski definition) is 5. The Labute approximate surface area is 266 Å². The first-order valence-electron chi connectivity index (χ1n) is 16.3. The van der Waals surface area contributed by atoms with E-state index in [1.807, 2.05) is 30.3 Å². The van der Waals surface area contributed by atoms with Gasteiger partial charge >= 0.3 is 7.12 Å². The molecule has 0 atom stereocenters. The van der Waals surface area contributed by atoms with Gasteiger partial charge in [0.25, 0.3) is 0 Å². The van der Waals surface area contributed by atoms with E-state index in [9.17, 15) is 0 Å². The standard InChI is InChI=1S/C39H38BN3O2/c1-37(2)38(3,4)45-40(44-37)29-17-13-16-27(24-29)35-41-34(26-14-7-5-8-15-26)42-36(43-35)28-20-21-31-30-18-9-10-19-32(30)39(33(31)25-28)22-11-6-12-23-39/h5,7-10,13-21,24-25H,6,11-12,22-23H2,1-4H3. The third-order valence-corrected chi connectivity index (χ3v) is 10.6. The Morgan fingerprint density at radius 3 is 1.82 bits per heavy atom. The summed E-state index contributed by atoms with van der Waals surface area (Å²) in [5, 5.41) is 0. The maximum absolute atomic E-state index is 6.38. The molecule has 2 aliphatic carbocycles. The van der Waals surface area contributed by atoms with Gasteiger partial charge in [0, 0.05) is 22.1 Å². The Morgan fingerprint density at radius 1 is 0.533 bits per heavy atom. The zero-order chi connectivity index (χ0) is 30.8. The van der Waals surface area contributed by atoms with Crippen LogP contribution in [0, 0.1) is 0 Å². The van der Waals surface area contributed by atoms with E-state index in [0.717, 1.165) is 22.2 Å². The van der Waals surface area contributed by atoms with Crippen molar-refractivity contribution in [3.63, 3.8) is 0 Å². The summed E-state index contributed by atoms with van der Waals surface area (Å²) in [5.74, 6) is 1.98. The highest BCUT2D eigenvalue weighted by Gasteiger charge is 2.51. The third-order valence-electron chi connectivity index (χ3n) is 10.6. The molecule has 1 aliphatic heterocycles. The first-order valence-corrected chi connectivity index (χ1v) is 16.3. The van der Waals surface area contributed by atoms with Crippen molar-refractivity contribution in [1.82, 2.24) is 15.0 Å². The highest BCUT2D eigenvalue weighted by molar-refractivity contribution is 6.62. The average Bonchev–Trinajstić information content (AvgIpc) is 3.46. The molecule has 5 nitrogen and oxygen atoms in total. The molecular weight excluding hydrogens is 553 g/mol. The molecule has 45 heavy (non-hydrogen) atoms. The molecule has 1 aromatic heterocycles. The van der Waals surface area contributed by atoms with Crippen LogP contribution in [0.1, 0.15) is 70.9 Å². The summed E-state index contributed by atoms with van der Waals surface area (Å²) in [6.07, 6.45) is 6.19. The first kappa shape index (κ1) is 28.4. The molecule has 5 aromatic rings. The van der Waals surface area contributed by atoms with Gasteiger partial charge in [-0.2, -0.15) is 0 Å². The molecular formula is C39H38BN3O2. The molecule has 1 saturated carbocycles. The number of aromatic nitrogens is 3. The topological polar surface area (TPSA) is 57.1 Å². The van der Waals surface area contributed by atoms with Crippen LogP contribution in [-0.4, -0.2) is 33.3 Å². The lowest BCUT2D eigenvalue weighted by Crippen LogP contribution is -2.41. The molecule has 6 heteroatoms. The van der Waals surface area contributed by atoms with Gasteiger partial charge in [0.1, 0.15) is 0 Å². The summed E-state index contributed by atoms with van der Waals surface area (Å²) in [5.41, 5.74) is 8.69. The SMILES string of the molecule is CC1(C)OB(c2cccc(-c3nc(-c4ccccc4)nc(-c4ccc5c(c4)C4(CCCCC4)c4ccccc4-5)n3)c2)OC1(C)C. The van der Waals surface area contributed by atoms with Gasteiger partial charge in [0.2, 0.25) is 0 Å². The molecule has 1 spiro atoms. The predicted octanol–water partition coefficient (Wildman–Crippen LogP) is 8.40. The zero-order valence-electron chi connectivity index (χ0n) is 26.5. The quantitative estimate of drug-likeness (QED) is 0.197. The molecule has 0 amide bonds. The van der Waals surface area contributed by atoms with E-state index < -0.39 is 18.3 Å². The Bertz CT molecular complexity index is 1900. The van der Waals surface area contributed by atoms with E-state index in [0.29, 0.717) is 17.5 Å². The fourth-order valence-corrected chi connectivity index (χ4v) is 7.44. The molecule has 0 N–H and O–H groups in total. The molecule has 0 bridgehead atoms. The van der Waals surface area contributed by atoms with Gasteiger partial charge in [-0.15, -0.1) is 0 Å². The van der Waals surface area contributed by atoms with E-state index >= 15 is 0 Å². The van der Waals surface area contributed by atoms with Crippen LogP contribution in [0.2, 0.25) is 0 Å². The van der Waals surface area contributed by atoms with Crippen LogP contribution in [-0.2, 0) is 14.7 Å². The van der Waals surface area contributed by atoms with Crippen molar-refractivity contribution in [1.29, 1.82) is 0 Å². The van der Waals surface area contributed by atoms with Gasteiger partial charge in [0.05, 0.1) is 11.2 Å². The number of fused-ring (bicyclic) bond motifs is 5. The summed E-state index contributed by atoms with van der Waals surface area (Å²) < 4.78 is 12.8. The summed E-state index contributed by atoms with van der Waals surface area (Å²) in [4.78, 5) is 15.2. The molecule has 4 aromatic carbocycles. The summed E-state index contributed by atoms with van der Waals surface area (Å²) in [6, 6.07) is 34.3. The molecule has 0 radical (unpaired) electrons. The molecule has 2 heterocycles. The largest absolute Gasteiger partial charge is 0.494 e. The Kier molecular flexibility index (Phi) is 6.60. The third kappa shape index (κ3) is 4.65. The van der Waals surface area contributed by atoms with Crippen LogP contribution >= 0.6 is 0 Å². The minimum absolute atomic E-state index is 0.0650. The predicted molar refractivity (Wildman–Crippen MR) is 181 cm³/mol. The molecule has 1 saturated heterocycles. The second kappa shape index (κ2) is 10.5. The normalized spacial score (nSPS) is 19.0. The monoisotopic (exact) mass is 591 g/mol. The van der Waals surface area contributed by atoms with E-state index in [1.165, 1.54) is 54.4 Å². The molecule has 8 rings (SSSR count). The lowest BCUT2D eigenvalue weighted by Gasteiger charge is -2.36. The molecule has 0 unspecified atom stereocenters. The minimum atomic E-state index is -0.463. The van der Waals surface area contributed by atoms with Crippen LogP contribution in [0.4, 0.5) is 0 Å². The second-order valence-electron chi connectivity index (χ2n) is 13.8. The van der Waals surface area contributed by atoms with E-state index in [1.54, 1.807) is 0 Å². The smallest absolute Gasteiger partial charge is 0.399 e. The van der Waals surface area contributed by atoms with Crippen molar-refractivity contribution < 1.29 is 9.31 Å². The number of hydrogen-bond donors (Lipinski definition) is 0. The maximum atomic E-state index is 6.38. The Balaban J connectivity index is 1.25. The van der Waals surface area contributed by atoms with E-state index in [-0.39, 0.29) is 5.41 Å². The van der Waals surface area contributed by atoms with Gasteiger partial charge in [-0.05, 0) is 74.3 Å². The molecule has 3 aliphatic rings. The lowest BCUT2D eigenvalue weighted by atomic mass is 9.67. The summed E-state index contributed by atoms with van der Waals surface area (Å²) in [7, 11) is -0.463. The Morgan fingerprint density at radius 2 is 1.11 bits per heavy atom. The molecule has 2 fully saturated rings. The van der Waals surface area contributed by atoms with Crippen molar-refractivity contribution in [3.05, 3.63) is 108 Å². The summed E-state index contributed by atoms with van der Waals surface area (Å²) in [6.45, 7) is 8.31. The van der Waals surface area contributed by atoms with Crippen LogP contribution in [0.25, 0.3) is 45.3 Å². The first-order chi connectivity index (χ1) is 21.7. The van der Waals surface area contributed by atoms with Crippen LogP contribution in [0.15, 0.2) is 97.1 Å². The van der Waals surface area contributed by atoms with Crippen LogP contribution < -0.4 is 5.46 Å². The van der Waals surface area contributed by atoms with Gasteiger partial charge < -0.3 is 9.31 Å². The van der Waals surface area contributed by atoms with Gasteiger partial charge in [-0.3, -0.25) is 0 Å². The fraction of sp³-hybridized carbons (Fsp3) is 0.308. The van der Waals surface area contributed by atoms with Gasteiger partial charge in [0.15, 0.2) is 17.5 Å². The Hall–Kier alpha value is -4.13. The second-order valence-corrected chi connectivity index (χ2v) is 13.8. The highest BCUT2D eigenvalue weighted by atomic mass is 16.7. The van der Waals surface area contributed by atoms with Crippen molar-refractivity contribution in [2.24, 2.45) is 0 Å². The number of nitrogens with zero attached hydrogens (tertiary/aromatic N) is 3. The lowest BCUT2D eigenvalue weighted by molar-refractivity contribution is 0.00578. The van der Waals surface area contributed by atoms with E-state index in [4.69, 9.17) is 24.3 Å². The van der Waals surface area contributed by atoms with Crippen molar-refractivity contribution in [2.45, 2.75) is 76.4 Å². The number of benzene rings is 4. The zero-order valence-corrected chi connectivity index (χ0v) is 26.5. The van der Waals surface area contributed by atoms with Crippen LogP contribution in [0.3, 0.4) is 0 Å². The highest BCUT2D eigenvalue weighted by Crippen LogP contribution is 2.56. The van der Waals surface area contributed by atoms with Gasteiger partial charge in [-0.25, -0.2) is 15.0 Å². The fourth-order valence-electron chi connectivity index (χ4n) is 7.44. The van der Waals surface area contributed by atoms with Gasteiger partial charge in [-0.1, -0.05) is 110 Å². The van der Waals surface area contributed by atoms with Crippen molar-refractivity contribution >= 4 is 12.6 Å². The average molecular weight is 592 g/mol. The molecule has 224 valence electrons. The summed E-state index contributed by atoms with van der Waals surface area (Å²) >= 11 is 0. The maximum Gasteiger partial charge on any atom is 0.494 e. The van der Waals surface area contributed by atoms with Crippen molar-refractivity contribution in [2.75, 3.05) is 0 Å². The van der Waals surface area contributed by atoms with Crippen LogP contribution in [0.5, 0.6) is 0 Å². The number of rotatable bonds is 4. The van der Waals surface area contributed by atoms with E-state index in [2.05, 4.69) is 94.4 Å². The van der Waals surface area contributed by atoms with Crippen molar-refractivity contribution in [3.8, 4) is 45.3 Å². The minimum Gasteiger partial charge on any atom is -0.399 e.